The van der Waals surface area contributed by atoms with Crippen molar-refractivity contribution in [2.75, 3.05) is 26.4 Å². The molecule has 0 bridgehead atoms. The third-order valence-corrected chi connectivity index (χ3v) is 12.4. The fourth-order valence-electron chi connectivity index (χ4n) is 2.91. The normalized spacial score (nSPS) is 11.7. The minimum Gasteiger partial charge on any atom is -0.534 e. The van der Waals surface area contributed by atoms with Gasteiger partial charge in [-0.05, 0) is 45.7 Å². The summed E-state index contributed by atoms with van der Waals surface area (Å²) in [5, 5.41) is 0. The van der Waals surface area contributed by atoms with Crippen LogP contribution < -0.4 is 0 Å². The van der Waals surface area contributed by atoms with Crippen molar-refractivity contribution in [1.82, 2.24) is 0 Å². The van der Waals surface area contributed by atoms with Gasteiger partial charge in [-0.25, -0.2) is 4.79 Å². The lowest BCUT2D eigenvalue weighted by molar-refractivity contribution is -0.143. The van der Waals surface area contributed by atoms with E-state index in [1.54, 1.807) is 0 Å². The Balaban J connectivity index is 6.39. The second-order valence-electron chi connectivity index (χ2n) is 11.0. The van der Waals surface area contributed by atoms with Gasteiger partial charge < -0.3 is 32.2 Å². The van der Waals surface area contributed by atoms with Crippen molar-refractivity contribution in [3.63, 3.8) is 0 Å². The molecule has 0 aromatic rings. The largest absolute Gasteiger partial charge is 0.534 e. The van der Waals surface area contributed by atoms with E-state index in [-0.39, 0.29) is 38.1 Å². The van der Waals surface area contributed by atoms with E-state index in [4.69, 9.17) is 32.2 Å². The summed E-state index contributed by atoms with van der Waals surface area (Å²) in [6.45, 7) is 16.2. The molecule has 0 aromatic carbocycles. The van der Waals surface area contributed by atoms with E-state index < -0.39 is 48.8 Å². The molecule has 39 heavy (non-hydrogen) atoms. The van der Waals surface area contributed by atoms with Crippen LogP contribution in [0.25, 0.3) is 0 Å². The molecule has 226 valence electrons. The smallest absolute Gasteiger partial charge is 0.379 e. The van der Waals surface area contributed by atoms with Crippen LogP contribution in [0, 0.1) is 0 Å². The van der Waals surface area contributed by atoms with E-state index in [1.807, 2.05) is 39.3 Å². The van der Waals surface area contributed by atoms with Crippen molar-refractivity contribution in [3.05, 3.63) is 11.7 Å². The highest BCUT2D eigenvalue weighted by atomic mass is 28.4. The van der Waals surface area contributed by atoms with Gasteiger partial charge in [0.05, 0.1) is 26.4 Å². The predicted molar refractivity (Wildman–Crippen MR) is 157 cm³/mol. The highest BCUT2D eigenvalue weighted by Crippen LogP contribution is 2.28. The Morgan fingerprint density at radius 3 is 1.26 bits per heavy atom. The topological polar surface area (TPSA) is 133 Å². The molecule has 11 nitrogen and oxygen atoms in total. The summed E-state index contributed by atoms with van der Waals surface area (Å²) in [4.78, 5) is 47.2. The maximum atomic E-state index is 13.4. The first-order valence-electron chi connectivity index (χ1n) is 13.3. The van der Waals surface area contributed by atoms with Crippen molar-refractivity contribution >= 4 is 59.1 Å². The van der Waals surface area contributed by atoms with Crippen LogP contribution in [0.2, 0.25) is 63.5 Å². The molecule has 0 radical (unpaired) electrons. The van der Waals surface area contributed by atoms with E-state index in [9.17, 15) is 19.2 Å². The van der Waals surface area contributed by atoms with E-state index in [2.05, 4.69) is 0 Å². The van der Waals surface area contributed by atoms with E-state index >= 15 is 0 Å². The predicted octanol–water partition coefficient (Wildman–Crippen LogP) is 3.23. The second kappa shape index (κ2) is 17.6. The summed E-state index contributed by atoms with van der Waals surface area (Å²) in [5.41, 5.74) is 0. The first-order chi connectivity index (χ1) is 17.9. The third-order valence-electron chi connectivity index (χ3n) is 5.25. The Labute approximate surface area is 239 Å². The SMILES string of the molecule is CC(=O)OCC[Si](C)(C)OC(O[Si](C)(C)CCOC(C)=O)=C(O[Si](C)(C)CCOC(C)=O)C(=O)OCCC[SiH3]. The maximum Gasteiger partial charge on any atom is 0.379 e. The van der Waals surface area contributed by atoms with Crippen molar-refractivity contribution in [2.45, 2.75) is 90.7 Å². The highest BCUT2D eigenvalue weighted by molar-refractivity contribution is 6.73. The van der Waals surface area contributed by atoms with Crippen LogP contribution in [-0.2, 0) is 51.4 Å². The van der Waals surface area contributed by atoms with Crippen LogP contribution in [-0.4, -0.2) is 85.5 Å². The lowest BCUT2D eigenvalue weighted by atomic mass is 10.5. The monoisotopic (exact) mass is 624 g/mol. The molecule has 0 heterocycles. The molecule has 0 aromatic heterocycles. The van der Waals surface area contributed by atoms with E-state index in [0.29, 0.717) is 18.1 Å². The van der Waals surface area contributed by atoms with Crippen molar-refractivity contribution in [2.24, 2.45) is 0 Å². The molecule has 0 fully saturated rings. The molecule has 0 atom stereocenters. The van der Waals surface area contributed by atoms with Gasteiger partial charge in [0.1, 0.15) is 0 Å². The Morgan fingerprint density at radius 2 is 0.923 bits per heavy atom. The van der Waals surface area contributed by atoms with Gasteiger partial charge in [-0.1, -0.05) is 6.04 Å². The summed E-state index contributed by atoms with van der Waals surface area (Å²) in [5.74, 6) is -2.08. The number of esters is 4. The molecule has 15 heteroatoms. The molecule has 0 saturated heterocycles. The molecular formula is C24H48O11Si4. The molecule has 0 aliphatic carbocycles. The molecule has 0 amide bonds. The minimum absolute atomic E-state index is 0.0575. The van der Waals surface area contributed by atoms with Crippen molar-refractivity contribution in [3.8, 4) is 0 Å². The first kappa shape index (κ1) is 36.9. The maximum absolute atomic E-state index is 13.4. The molecule has 0 aliphatic rings. The zero-order chi connectivity index (χ0) is 30.3. The zero-order valence-corrected chi connectivity index (χ0v) is 30.4. The molecule has 0 N–H and O–H groups in total. The van der Waals surface area contributed by atoms with E-state index in [0.717, 1.165) is 22.7 Å². The van der Waals surface area contributed by atoms with Crippen LogP contribution in [0.5, 0.6) is 0 Å². The van der Waals surface area contributed by atoms with Gasteiger partial charge in [-0.15, -0.1) is 0 Å². The highest BCUT2D eigenvalue weighted by Gasteiger charge is 2.38. The van der Waals surface area contributed by atoms with Gasteiger partial charge >= 0.3 is 29.8 Å². The number of hydrogen-bond acceptors (Lipinski definition) is 11. The Hall–Kier alpha value is -2.11. The summed E-state index contributed by atoms with van der Waals surface area (Å²) in [6, 6.07) is 2.30. The Morgan fingerprint density at radius 1 is 0.564 bits per heavy atom. The number of hydrogen-bond donors (Lipinski definition) is 0. The molecule has 0 unspecified atom stereocenters. The lowest BCUT2D eigenvalue weighted by Gasteiger charge is -2.33. The van der Waals surface area contributed by atoms with Crippen LogP contribution in [0.4, 0.5) is 0 Å². The Bertz CT molecular complexity index is 821. The summed E-state index contributed by atoms with van der Waals surface area (Å²) in [7, 11) is -6.85. The van der Waals surface area contributed by atoms with Crippen molar-refractivity contribution < 1.29 is 51.4 Å². The van der Waals surface area contributed by atoms with Gasteiger partial charge in [0, 0.05) is 49.1 Å². The average molecular weight is 625 g/mol. The standard InChI is InChI=1S/C24H48O11Si4/c1-19(25)29-12-16-37(4,5)33-22(23(28)32-11-10-15-36)24(34-38(6,7)17-13-30-20(2)26)35-39(8,9)18-14-31-21(3)27/h10-18H2,1-9,36H3. The number of ether oxygens (including phenoxy) is 4. The molecule has 0 spiro atoms. The fourth-order valence-corrected chi connectivity index (χ4v) is 7.36. The fraction of sp³-hybridized carbons (Fsp3) is 0.750. The van der Waals surface area contributed by atoms with Gasteiger partial charge in [0.15, 0.2) is 0 Å². The minimum atomic E-state index is -2.63. The third kappa shape index (κ3) is 18.7. The first-order valence-corrected chi connectivity index (χ1v) is 24.0. The van der Waals surface area contributed by atoms with Gasteiger partial charge in [-0.3, -0.25) is 14.4 Å². The van der Waals surface area contributed by atoms with Crippen molar-refractivity contribution in [1.29, 1.82) is 0 Å². The number of carbonyl (C=O) groups is 4. The lowest BCUT2D eigenvalue weighted by Crippen LogP contribution is -2.40. The molecular weight excluding hydrogens is 577 g/mol. The van der Waals surface area contributed by atoms with Crippen LogP contribution in [0.15, 0.2) is 11.7 Å². The summed E-state index contributed by atoms with van der Waals surface area (Å²) >= 11 is 0. The molecule has 0 saturated carbocycles. The number of carbonyl (C=O) groups excluding carboxylic acids is 4. The summed E-state index contributed by atoms with van der Waals surface area (Å²) in [6.07, 6.45) is 0.737. The van der Waals surface area contributed by atoms with Crippen LogP contribution in [0.3, 0.4) is 0 Å². The average Bonchev–Trinajstić information content (AvgIpc) is 2.75. The number of rotatable bonds is 19. The second-order valence-corrected chi connectivity index (χ2v) is 24.6. The van der Waals surface area contributed by atoms with Crippen LogP contribution in [0.1, 0.15) is 27.2 Å². The van der Waals surface area contributed by atoms with E-state index in [1.165, 1.54) is 20.8 Å². The quantitative estimate of drug-likeness (QED) is 0.0524. The molecule has 0 rings (SSSR count). The zero-order valence-electron chi connectivity index (χ0n) is 25.4. The summed E-state index contributed by atoms with van der Waals surface area (Å²) < 4.78 is 40.0. The van der Waals surface area contributed by atoms with Gasteiger partial charge in [-0.2, -0.15) is 0 Å². The molecule has 0 aliphatic heterocycles. The van der Waals surface area contributed by atoms with Gasteiger partial charge in [0.25, 0.3) is 22.4 Å². The Kier molecular flexibility index (Phi) is 16.6. The van der Waals surface area contributed by atoms with Gasteiger partial charge in [0.2, 0.25) is 8.32 Å². The van der Waals surface area contributed by atoms with Crippen LogP contribution >= 0.6 is 0 Å².